The highest BCUT2D eigenvalue weighted by Crippen LogP contribution is 2.18. The third kappa shape index (κ3) is 4.33. The van der Waals surface area contributed by atoms with Crippen LogP contribution in [0.4, 0.5) is 5.69 Å². The van der Waals surface area contributed by atoms with Gasteiger partial charge >= 0.3 is 0 Å². The van der Waals surface area contributed by atoms with Crippen molar-refractivity contribution in [1.82, 2.24) is 19.2 Å². The van der Waals surface area contributed by atoms with Crippen LogP contribution in [-0.4, -0.2) is 25.1 Å². The molecule has 0 fully saturated rings. The van der Waals surface area contributed by atoms with Gasteiger partial charge in [0.15, 0.2) is 5.82 Å². The number of anilines is 1. The summed E-state index contributed by atoms with van der Waals surface area (Å²) >= 11 is 5.88. The third-order valence-electron chi connectivity index (χ3n) is 5.20. The molecule has 0 radical (unpaired) electrons. The van der Waals surface area contributed by atoms with Gasteiger partial charge in [-0.3, -0.25) is 9.59 Å². The number of aromatic nitrogens is 4. The first-order valence-corrected chi connectivity index (χ1v) is 10.6. The molecule has 7 nitrogen and oxygen atoms in total. The van der Waals surface area contributed by atoms with Gasteiger partial charge in [-0.2, -0.15) is 9.50 Å². The van der Waals surface area contributed by atoms with E-state index in [0.717, 1.165) is 11.3 Å². The number of halogens is 1. The van der Waals surface area contributed by atoms with Gasteiger partial charge in [0.2, 0.25) is 11.7 Å². The van der Waals surface area contributed by atoms with E-state index < -0.39 is 0 Å². The van der Waals surface area contributed by atoms with Gasteiger partial charge in [-0.25, -0.2) is 0 Å². The van der Waals surface area contributed by atoms with Crippen LogP contribution < -0.4 is 10.9 Å². The number of hydrogen-bond acceptors (Lipinski definition) is 4. The van der Waals surface area contributed by atoms with E-state index >= 15 is 0 Å². The summed E-state index contributed by atoms with van der Waals surface area (Å²) in [5, 5.41) is 7.87. The summed E-state index contributed by atoms with van der Waals surface area (Å²) in [6.07, 6.45) is 2.17. The van der Waals surface area contributed by atoms with Crippen LogP contribution in [0.2, 0.25) is 5.02 Å². The lowest BCUT2D eigenvalue weighted by atomic mass is 10.1. The first kappa shape index (κ1) is 21.5. The molecule has 0 aliphatic rings. The molecule has 2 aromatic carbocycles. The van der Waals surface area contributed by atoms with Crippen LogP contribution in [0.3, 0.4) is 0 Å². The zero-order chi connectivity index (χ0) is 22.7. The highest BCUT2D eigenvalue weighted by molar-refractivity contribution is 6.30. The zero-order valence-corrected chi connectivity index (χ0v) is 18.3. The number of hydrogen-bond donors (Lipinski definition) is 1. The molecule has 4 aromatic rings. The minimum atomic E-state index is -0.271. The van der Waals surface area contributed by atoms with Crippen molar-refractivity contribution in [2.45, 2.75) is 26.3 Å². The lowest BCUT2D eigenvalue weighted by Crippen LogP contribution is -2.27. The highest BCUT2D eigenvalue weighted by atomic mass is 35.5. The summed E-state index contributed by atoms with van der Waals surface area (Å²) in [5.74, 6) is 0.725. The van der Waals surface area contributed by atoms with Crippen molar-refractivity contribution in [2.24, 2.45) is 0 Å². The molecule has 8 heteroatoms. The number of fused-ring (bicyclic) bond motifs is 1. The summed E-state index contributed by atoms with van der Waals surface area (Å²) < 4.78 is 3.20. The van der Waals surface area contributed by atoms with E-state index in [1.165, 1.54) is 4.52 Å². The molecule has 2 aromatic heterocycles. The Morgan fingerprint density at radius 2 is 1.88 bits per heavy atom. The molecule has 0 saturated carbocycles. The first-order chi connectivity index (χ1) is 15.5. The van der Waals surface area contributed by atoms with E-state index in [9.17, 15) is 9.59 Å². The van der Waals surface area contributed by atoms with Crippen LogP contribution in [0, 0.1) is 6.92 Å². The van der Waals surface area contributed by atoms with Crippen molar-refractivity contribution < 1.29 is 4.79 Å². The SMILES string of the molecule is C=CCn1c(C)c(CCC(=O)Nc2ccc(Cl)cc2)c(=O)n2nc(-c3ccccc3)nc12. The smallest absolute Gasteiger partial charge is 0.279 e. The Morgan fingerprint density at radius 3 is 2.56 bits per heavy atom. The number of amides is 1. The van der Waals surface area contributed by atoms with Crippen LogP contribution in [-0.2, 0) is 17.8 Å². The highest BCUT2D eigenvalue weighted by Gasteiger charge is 2.19. The van der Waals surface area contributed by atoms with Gasteiger partial charge in [0, 0.05) is 40.5 Å². The van der Waals surface area contributed by atoms with Gasteiger partial charge < -0.3 is 9.88 Å². The van der Waals surface area contributed by atoms with Crippen LogP contribution >= 0.6 is 11.6 Å². The topological polar surface area (TPSA) is 81.3 Å². The van der Waals surface area contributed by atoms with Gasteiger partial charge in [0.1, 0.15) is 0 Å². The zero-order valence-electron chi connectivity index (χ0n) is 17.6. The summed E-state index contributed by atoms with van der Waals surface area (Å²) in [6.45, 7) is 6.14. The predicted molar refractivity (Wildman–Crippen MR) is 126 cm³/mol. The lowest BCUT2D eigenvalue weighted by molar-refractivity contribution is -0.116. The number of rotatable bonds is 7. The number of nitrogens with one attached hydrogen (secondary N) is 1. The van der Waals surface area contributed by atoms with Crippen LogP contribution in [0.25, 0.3) is 17.2 Å². The molecule has 32 heavy (non-hydrogen) atoms. The monoisotopic (exact) mass is 447 g/mol. The summed E-state index contributed by atoms with van der Waals surface area (Å²) in [5.41, 5.74) is 2.47. The fourth-order valence-electron chi connectivity index (χ4n) is 3.55. The van der Waals surface area contributed by atoms with Crippen LogP contribution in [0.15, 0.2) is 72.0 Å². The Balaban J connectivity index is 1.66. The quantitative estimate of drug-likeness (QED) is 0.429. The largest absolute Gasteiger partial charge is 0.326 e. The fraction of sp³-hybridized carbons (Fsp3) is 0.167. The standard InChI is InChI=1S/C24H22ClN5O2/c1-3-15-29-16(2)20(13-14-21(31)26-19-11-9-18(25)10-12-19)23(32)30-24(29)27-22(28-30)17-7-5-4-6-8-17/h3-12H,1,13-15H2,2H3,(H,26,31). The van der Waals surface area contributed by atoms with E-state index in [1.807, 2.05) is 41.8 Å². The molecule has 4 rings (SSSR count). The van der Waals surface area contributed by atoms with Crippen molar-refractivity contribution in [3.63, 3.8) is 0 Å². The van der Waals surface area contributed by atoms with Gasteiger partial charge in [-0.1, -0.05) is 48.0 Å². The molecular formula is C24H22ClN5O2. The molecular weight excluding hydrogens is 426 g/mol. The number of benzene rings is 2. The summed E-state index contributed by atoms with van der Waals surface area (Å²) in [7, 11) is 0. The average molecular weight is 448 g/mol. The van der Waals surface area contributed by atoms with E-state index in [4.69, 9.17) is 11.6 Å². The molecule has 0 unspecified atom stereocenters. The Kier molecular flexibility index (Phi) is 6.18. The summed E-state index contributed by atoms with van der Waals surface area (Å²) in [6, 6.07) is 16.4. The summed E-state index contributed by atoms with van der Waals surface area (Å²) in [4.78, 5) is 30.3. The Morgan fingerprint density at radius 1 is 1.16 bits per heavy atom. The first-order valence-electron chi connectivity index (χ1n) is 10.2. The van der Waals surface area contributed by atoms with Gasteiger partial charge in [-0.05, 0) is 37.6 Å². The average Bonchev–Trinajstić information content (AvgIpc) is 3.24. The van der Waals surface area contributed by atoms with E-state index in [2.05, 4.69) is 22.0 Å². The van der Waals surface area contributed by atoms with E-state index in [-0.39, 0.29) is 24.3 Å². The Hall–Kier alpha value is -3.71. The van der Waals surface area contributed by atoms with Gasteiger partial charge in [-0.15, -0.1) is 11.7 Å². The molecule has 162 valence electrons. The molecule has 1 amide bonds. The van der Waals surface area contributed by atoms with Crippen molar-refractivity contribution >= 4 is 29.0 Å². The second-order valence-electron chi connectivity index (χ2n) is 7.34. The number of carbonyl (C=O) groups excluding carboxylic acids is 1. The lowest BCUT2D eigenvalue weighted by Gasteiger charge is -2.14. The van der Waals surface area contributed by atoms with E-state index in [0.29, 0.717) is 34.4 Å². The molecule has 0 aliphatic carbocycles. The van der Waals surface area contributed by atoms with Crippen molar-refractivity contribution in [3.05, 3.63) is 93.9 Å². The van der Waals surface area contributed by atoms with Gasteiger partial charge in [0.05, 0.1) is 0 Å². The van der Waals surface area contributed by atoms with Crippen LogP contribution in [0.1, 0.15) is 17.7 Å². The molecule has 0 saturated heterocycles. The number of allylic oxidation sites excluding steroid dienone is 1. The predicted octanol–water partition coefficient (Wildman–Crippen LogP) is 4.28. The van der Waals surface area contributed by atoms with Crippen LogP contribution in [0.5, 0.6) is 0 Å². The molecule has 0 aliphatic heterocycles. The fourth-order valence-corrected chi connectivity index (χ4v) is 3.68. The molecule has 0 atom stereocenters. The minimum Gasteiger partial charge on any atom is -0.326 e. The molecule has 1 N–H and O–H groups in total. The maximum absolute atomic E-state index is 13.2. The second kappa shape index (κ2) is 9.20. The Bertz CT molecular complexity index is 1340. The number of nitrogens with zero attached hydrogens (tertiary/aromatic N) is 4. The maximum Gasteiger partial charge on any atom is 0.279 e. The third-order valence-corrected chi connectivity index (χ3v) is 5.45. The molecule has 0 spiro atoms. The van der Waals surface area contributed by atoms with Crippen molar-refractivity contribution in [2.75, 3.05) is 5.32 Å². The minimum absolute atomic E-state index is 0.151. The molecule has 0 bridgehead atoms. The van der Waals surface area contributed by atoms with Crippen molar-refractivity contribution in [1.29, 1.82) is 0 Å². The second-order valence-corrected chi connectivity index (χ2v) is 7.77. The Labute approximate surface area is 190 Å². The number of carbonyl (C=O) groups is 1. The molecule has 2 heterocycles. The maximum atomic E-state index is 13.2. The van der Waals surface area contributed by atoms with E-state index in [1.54, 1.807) is 30.3 Å². The van der Waals surface area contributed by atoms with Gasteiger partial charge in [0.25, 0.3) is 5.56 Å². The van der Waals surface area contributed by atoms with Crippen molar-refractivity contribution in [3.8, 4) is 11.4 Å². The normalized spacial score (nSPS) is 10.9.